The lowest BCUT2D eigenvalue weighted by atomic mass is 10.1. The molecule has 0 bridgehead atoms. The molecule has 16 heteroatoms. The summed E-state index contributed by atoms with van der Waals surface area (Å²) >= 11 is 0. The van der Waals surface area contributed by atoms with E-state index in [0.29, 0.717) is 33.2 Å². The lowest BCUT2D eigenvalue weighted by molar-refractivity contribution is -0.137. The molecule has 3 aromatic carbocycles. The van der Waals surface area contributed by atoms with E-state index in [2.05, 4.69) is 40.3 Å². The Labute approximate surface area is 263 Å². The average Bonchev–Trinajstić information content (AvgIpc) is 3.02. The van der Waals surface area contributed by atoms with Crippen LogP contribution in [0, 0.1) is 0 Å². The number of urea groups is 1. The molecule has 46 heavy (non-hydrogen) atoms. The second-order valence-electron chi connectivity index (χ2n) is 9.61. The average molecular weight is 657 g/mol. The van der Waals surface area contributed by atoms with Crippen LogP contribution in [0.15, 0.2) is 88.3 Å². The summed E-state index contributed by atoms with van der Waals surface area (Å²) in [6, 6.07) is 16.1. The summed E-state index contributed by atoms with van der Waals surface area (Å²) in [5, 5.41) is 20.7. The maximum absolute atomic E-state index is 13.0. The zero-order chi connectivity index (χ0) is 33.3. The van der Waals surface area contributed by atoms with E-state index in [1.807, 2.05) is 0 Å². The van der Waals surface area contributed by atoms with Gasteiger partial charge < -0.3 is 35.3 Å². The van der Waals surface area contributed by atoms with Crippen LogP contribution in [0.4, 0.5) is 51.6 Å². The van der Waals surface area contributed by atoms with E-state index in [9.17, 15) is 32.1 Å². The van der Waals surface area contributed by atoms with Gasteiger partial charge in [0.2, 0.25) is 5.95 Å². The number of hydrogen-bond acceptors (Lipinski definition) is 10. The van der Waals surface area contributed by atoms with Crippen LogP contribution in [0.3, 0.4) is 0 Å². The number of nitrogens with zero attached hydrogens (tertiary/aromatic N) is 3. The summed E-state index contributed by atoms with van der Waals surface area (Å²) in [6.07, 6.45) is -3.89. The van der Waals surface area contributed by atoms with Crippen molar-refractivity contribution in [1.29, 1.82) is 0 Å². The molecule has 3 amide bonds. The van der Waals surface area contributed by atoms with Crippen molar-refractivity contribution in [2.24, 2.45) is 4.36 Å². The molecule has 0 saturated heterocycles. The number of aliphatic hydroxyl groups excluding tert-OH is 1. The number of carbonyl (C=O) groups excluding carboxylic acids is 2. The Balaban J connectivity index is 1.47. The molecule has 0 radical (unpaired) electrons. The van der Waals surface area contributed by atoms with E-state index in [-0.39, 0.29) is 30.9 Å². The van der Waals surface area contributed by atoms with Gasteiger partial charge in [0.1, 0.15) is 5.82 Å². The minimum Gasteiger partial charge on any atom is -0.450 e. The van der Waals surface area contributed by atoms with Gasteiger partial charge in [0.15, 0.2) is 0 Å². The SMILES string of the molecule is CCOC(=O)N=[S-](=O)c1ccc(Nc2ncc(-c3ccc(NC(=O)Nc4cccc(C(F)(F)F)c4)cc3)c(NC(C)CO)n2)cc1. The van der Waals surface area contributed by atoms with E-state index in [4.69, 9.17) is 0 Å². The molecule has 4 rings (SSSR count). The molecule has 1 unspecified atom stereocenters. The molecule has 0 saturated carbocycles. The van der Waals surface area contributed by atoms with E-state index >= 15 is 0 Å². The van der Waals surface area contributed by atoms with Crippen LogP contribution in [-0.4, -0.2) is 46.5 Å². The Bertz CT molecular complexity index is 1760. The number of alkyl halides is 3. The Morgan fingerprint density at radius 1 is 1.00 bits per heavy atom. The van der Waals surface area contributed by atoms with Gasteiger partial charge in [-0.1, -0.05) is 35.2 Å². The Morgan fingerprint density at radius 3 is 2.33 bits per heavy atom. The van der Waals surface area contributed by atoms with Crippen molar-refractivity contribution in [2.75, 3.05) is 34.5 Å². The van der Waals surface area contributed by atoms with Crippen LogP contribution < -0.4 is 21.3 Å². The number of nitrogens with one attached hydrogen (secondary N) is 4. The van der Waals surface area contributed by atoms with Gasteiger partial charge in [-0.25, -0.2) is 14.6 Å². The lowest BCUT2D eigenvalue weighted by Crippen LogP contribution is -2.21. The molecule has 0 aliphatic carbocycles. The molecule has 12 nitrogen and oxygen atoms in total. The molecule has 5 N–H and O–H groups in total. The molecule has 1 atom stereocenters. The highest BCUT2D eigenvalue weighted by atomic mass is 32.2. The number of benzene rings is 3. The third-order valence-corrected chi connectivity index (χ3v) is 7.07. The maximum Gasteiger partial charge on any atom is 0.416 e. The number of hydrogen-bond donors (Lipinski definition) is 5. The summed E-state index contributed by atoms with van der Waals surface area (Å²) in [6.45, 7) is 3.32. The zero-order valence-corrected chi connectivity index (χ0v) is 25.3. The first-order valence-corrected chi connectivity index (χ1v) is 14.8. The second kappa shape index (κ2) is 15.2. The molecule has 0 aliphatic rings. The molecular formula is C30H29F3N7O5S-. The lowest BCUT2D eigenvalue weighted by Gasteiger charge is -2.17. The highest BCUT2D eigenvalue weighted by Crippen LogP contribution is 2.31. The monoisotopic (exact) mass is 656 g/mol. The third-order valence-electron chi connectivity index (χ3n) is 6.08. The van der Waals surface area contributed by atoms with E-state index in [1.165, 1.54) is 24.3 Å². The summed E-state index contributed by atoms with van der Waals surface area (Å²) in [5.74, 6) is 0.610. The first-order valence-electron chi connectivity index (χ1n) is 13.7. The third kappa shape index (κ3) is 9.39. The smallest absolute Gasteiger partial charge is 0.416 e. The van der Waals surface area contributed by atoms with Crippen LogP contribution >= 0.6 is 0 Å². The fourth-order valence-electron chi connectivity index (χ4n) is 3.90. The van der Waals surface area contributed by atoms with Gasteiger partial charge in [0.05, 0.1) is 18.8 Å². The number of carbonyl (C=O) groups is 2. The van der Waals surface area contributed by atoms with E-state index < -0.39 is 34.5 Å². The fourth-order valence-corrected chi connectivity index (χ4v) is 4.56. The zero-order valence-electron chi connectivity index (χ0n) is 24.5. The van der Waals surface area contributed by atoms with Crippen molar-refractivity contribution in [3.05, 3.63) is 84.6 Å². The van der Waals surface area contributed by atoms with Gasteiger partial charge in [-0.15, -0.1) is 10.6 Å². The molecule has 0 aliphatic heterocycles. The van der Waals surface area contributed by atoms with Gasteiger partial charge in [0, 0.05) is 34.9 Å². The largest absolute Gasteiger partial charge is 0.450 e. The molecule has 1 heterocycles. The molecule has 242 valence electrons. The van der Waals surface area contributed by atoms with E-state index in [1.54, 1.807) is 56.4 Å². The van der Waals surface area contributed by atoms with Crippen molar-refractivity contribution in [1.82, 2.24) is 9.97 Å². The van der Waals surface area contributed by atoms with Gasteiger partial charge in [-0.3, -0.25) is 4.36 Å². The predicted molar refractivity (Wildman–Crippen MR) is 167 cm³/mol. The Hall–Kier alpha value is -5.22. The maximum atomic E-state index is 13.0. The molecule has 4 aromatic rings. The van der Waals surface area contributed by atoms with Gasteiger partial charge in [0.25, 0.3) is 0 Å². The van der Waals surface area contributed by atoms with Gasteiger partial charge in [-0.2, -0.15) is 18.2 Å². The number of halogens is 3. The minimum atomic E-state index is -4.54. The normalized spacial score (nSPS) is 12.6. The van der Waals surface area contributed by atoms with Crippen LogP contribution in [0.25, 0.3) is 11.1 Å². The van der Waals surface area contributed by atoms with Gasteiger partial charge >= 0.3 is 18.3 Å². The van der Waals surface area contributed by atoms with Crippen molar-refractivity contribution in [3.63, 3.8) is 0 Å². The van der Waals surface area contributed by atoms with Crippen molar-refractivity contribution in [3.8, 4) is 11.1 Å². The fraction of sp³-hybridized carbons (Fsp3) is 0.200. The predicted octanol–water partition coefficient (Wildman–Crippen LogP) is 7.01. The Morgan fingerprint density at radius 2 is 1.67 bits per heavy atom. The highest BCUT2D eigenvalue weighted by molar-refractivity contribution is 7.75. The number of anilines is 5. The summed E-state index contributed by atoms with van der Waals surface area (Å²) < 4.78 is 59.3. The van der Waals surface area contributed by atoms with Crippen molar-refractivity contribution in [2.45, 2.75) is 31.0 Å². The Kier molecular flexibility index (Phi) is 11.1. The standard InChI is InChI=1S/C30H29F3N7O5S/c1-3-45-29(43)40-46(44)24-13-11-21(12-14-24)36-27-34-16-25(26(39-27)35-18(2)17-41)19-7-9-22(10-8-19)37-28(42)38-23-6-4-5-20(15-23)30(31,32)33/h4-16,18,41H,3,17H2,1-2H3,(H2,37,38,42)(H2,34,35,36,39)/q-1. The summed E-state index contributed by atoms with van der Waals surface area (Å²) in [4.78, 5) is 33.1. The topological polar surface area (TPSA) is 167 Å². The van der Waals surface area contributed by atoms with Crippen LogP contribution in [0.5, 0.6) is 0 Å². The highest BCUT2D eigenvalue weighted by Gasteiger charge is 2.30. The number of rotatable bonds is 10. The minimum absolute atomic E-state index is 0.0149. The first-order chi connectivity index (χ1) is 21.9. The van der Waals surface area contributed by atoms with Crippen molar-refractivity contribution >= 4 is 51.5 Å². The first kappa shape index (κ1) is 33.7. The van der Waals surface area contributed by atoms with Crippen molar-refractivity contribution < 1.29 is 36.8 Å². The molecule has 0 fully saturated rings. The number of aliphatic hydroxyl groups is 1. The van der Waals surface area contributed by atoms with Crippen LogP contribution in [0.1, 0.15) is 19.4 Å². The van der Waals surface area contributed by atoms with Crippen LogP contribution in [0.2, 0.25) is 0 Å². The molecule has 0 spiro atoms. The number of ether oxygens (including phenoxy) is 1. The van der Waals surface area contributed by atoms with Gasteiger partial charge in [-0.05, 0) is 61.9 Å². The number of amides is 3. The molecule has 1 aromatic heterocycles. The second-order valence-corrected chi connectivity index (χ2v) is 10.8. The van der Waals surface area contributed by atoms with Crippen LogP contribution in [-0.2, 0) is 25.7 Å². The molecular weight excluding hydrogens is 627 g/mol. The number of aromatic nitrogens is 2. The summed E-state index contributed by atoms with van der Waals surface area (Å²) in [7, 11) is -1.93. The summed E-state index contributed by atoms with van der Waals surface area (Å²) in [5.41, 5.74) is 1.29. The van der Waals surface area contributed by atoms with E-state index in [0.717, 1.165) is 12.1 Å². The quantitative estimate of drug-likeness (QED) is 0.113.